The molecule has 1 amide bonds. The van der Waals surface area contributed by atoms with Crippen molar-refractivity contribution < 1.29 is 13.2 Å². The van der Waals surface area contributed by atoms with Crippen LogP contribution < -0.4 is 5.32 Å². The van der Waals surface area contributed by atoms with Crippen molar-refractivity contribution in [3.05, 3.63) is 59.7 Å². The predicted octanol–water partition coefficient (Wildman–Crippen LogP) is 2.71. The maximum absolute atomic E-state index is 11.8. The first kappa shape index (κ1) is 17.2. The van der Waals surface area contributed by atoms with E-state index in [9.17, 15) is 13.2 Å². The normalized spacial score (nSPS) is 12.7. The molecular formula is C18H21NO3S. The number of carbonyl (C=O) groups excluding carboxylic acids is 1. The van der Waals surface area contributed by atoms with Crippen LogP contribution in [-0.4, -0.2) is 25.8 Å². The fourth-order valence-corrected chi connectivity index (χ4v) is 2.64. The lowest BCUT2D eigenvalue weighted by molar-refractivity contribution is -0.120. The molecule has 4 nitrogen and oxygen atoms in total. The van der Waals surface area contributed by atoms with Crippen molar-refractivity contribution in [3.63, 3.8) is 0 Å². The molecule has 1 N–H and O–H groups in total. The third-order valence-corrected chi connectivity index (χ3v) is 5.28. The van der Waals surface area contributed by atoms with Gasteiger partial charge in [-0.1, -0.05) is 54.1 Å². The molecule has 23 heavy (non-hydrogen) atoms. The largest absolute Gasteiger partial charge is 0.351 e. The van der Waals surface area contributed by atoms with Crippen LogP contribution in [0.3, 0.4) is 0 Å². The van der Waals surface area contributed by atoms with Crippen LogP contribution in [0.5, 0.6) is 0 Å². The fourth-order valence-electron chi connectivity index (χ4n) is 2.17. The van der Waals surface area contributed by atoms with Gasteiger partial charge in [-0.2, -0.15) is 0 Å². The number of sulfone groups is 1. The van der Waals surface area contributed by atoms with E-state index < -0.39 is 21.0 Å². The van der Waals surface area contributed by atoms with E-state index in [-0.39, 0.29) is 0 Å². The molecule has 0 aliphatic carbocycles. The van der Waals surface area contributed by atoms with E-state index in [4.69, 9.17) is 0 Å². The van der Waals surface area contributed by atoms with Crippen LogP contribution in [0.25, 0.3) is 11.1 Å². The average molecular weight is 331 g/mol. The van der Waals surface area contributed by atoms with Crippen molar-refractivity contribution >= 4 is 15.7 Å². The molecule has 0 radical (unpaired) electrons. The van der Waals surface area contributed by atoms with Gasteiger partial charge in [-0.15, -0.1) is 0 Å². The summed E-state index contributed by atoms with van der Waals surface area (Å²) >= 11 is 0. The van der Waals surface area contributed by atoms with Gasteiger partial charge in [0.15, 0.2) is 9.84 Å². The number of hydrogen-bond donors (Lipinski definition) is 1. The van der Waals surface area contributed by atoms with Gasteiger partial charge in [0, 0.05) is 12.8 Å². The Labute approximate surface area is 137 Å². The summed E-state index contributed by atoms with van der Waals surface area (Å²) in [6.45, 7) is 3.76. The summed E-state index contributed by atoms with van der Waals surface area (Å²) in [6, 6.07) is 16.1. The van der Waals surface area contributed by atoms with Crippen LogP contribution in [0.1, 0.15) is 18.1 Å². The summed E-state index contributed by atoms with van der Waals surface area (Å²) in [5, 5.41) is 1.62. The van der Waals surface area contributed by atoms with Crippen molar-refractivity contribution in [1.82, 2.24) is 5.32 Å². The molecule has 1 atom stereocenters. The summed E-state index contributed by atoms with van der Waals surface area (Å²) < 4.78 is 22.7. The number of benzene rings is 2. The van der Waals surface area contributed by atoms with Gasteiger partial charge in [0.1, 0.15) is 5.25 Å². The van der Waals surface area contributed by atoms with E-state index in [1.54, 1.807) is 0 Å². The number of carbonyl (C=O) groups is 1. The number of hydrogen-bond acceptors (Lipinski definition) is 3. The number of rotatable bonds is 5. The van der Waals surface area contributed by atoms with Gasteiger partial charge in [-0.3, -0.25) is 4.79 Å². The Hall–Kier alpha value is -2.14. The van der Waals surface area contributed by atoms with Gasteiger partial charge < -0.3 is 5.32 Å². The van der Waals surface area contributed by atoms with Crippen LogP contribution in [0, 0.1) is 6.92 Å². The lowest BCUT2D eigenvalue weighted by Crippen LogP contribution is -2.36. The Bertz CT molecular complexity index is 795. The van der Waals surface area contributed by atoms with Crippen molar-refractivity contribution in [3.8, 4) is 11.1 Å². The van der Waals surface area contributed by atoms with Crippen LogP contribution in [-0.2, 0) is 21.2 Å². The molecule has 0 aliphatic heterocycles. The maximum Gasteiger partial charge on any atom is 0.238 e. The van der Waals surface area contributed by atoms with E-state index in [1.165, 1.54) is 12.5 Å². The molecule has 0 aliphatic rings. The smallest absolute Gasteiger partial charge is 0.238 e. The molecule has 0 bridgehead atoms. The summed E-state index contributed by atoms with van der Waals surface area (Å²) in [5.74, 6) is -0.477. The molecule has 0 unspecified atom stereocenters. The zero-order valence-electron chi connectivity index (χ0n) is 13.5. The standard InChI is InChI=1S/C18H21NO3S/c1-13-5-4-6-17(11-13)16-9-7-15(8-10-16)12-19-18(20)14(2)23(3,21)22/h4-11,14H,12H2,1-3H3,(H,19,20)/t14-/m1/s1. The van der Waals surface area contributed by atoms with E-state index in [2.05, 4.69) is 30.4 Å². The molecule has 122 valence electrons. The Morgan fingerprint density at radius 1 is 1.09 bits per heavy atom. The summed E-state index contributed by atoms with van der Waals surface area (Å²) in [4.78, 5) is 11.8. The quantitative estimate of drug-likeness (QED) is 0.916. The van der Waals surface area contributed by atoms with E-state index in [1.807, 2.05) is 30.3 Å². The van der Waals surface area contributed by atoms with Crippen molar-refractivity contribution in [2.75, 3.05) is 6.26 Å². The van der Waals surface area contributed by atoms with Crippen LogP contribution >= 0.6 is 0 Å². The lowest BCUT2D eigenvalue weighted by Gasteiger charge is -2.11. The summed E-state index contributed by atoms with van der Waals surface area (Å²) in [5.41, 5.74) is 4.38. The first-order valence-corrected chi connectivity index (χ1v) is 9.35. The highest BCUT2D eigenvalue weighted by molar-refractivity contribution is 7.92. The Kier molecular flexibility index (Phi) is 5.21. The minimum atomic E-state index is -3.37. The molecule has 5 heteroatoms. The lowest BCUT2D eigenvalue weighted by atomic mass is 10.0. The molecule has 2 aromatic rings. The van der Waals surface area contributed by atoms with Crippen molar-refractivity contribution in [1.29, 1.82) is 0 Å². The van der Waals surface area contributed by atoms with Gasteiger partial charge in [-0.05, 0) is 30.5 Å². The SMILES string of the molecule is Cc1cccc(-c2ccc(CNC(=O)[C@@H](C)S(C)(=O)=O)cc2)c1. The fraction of sp³-hybridized carbons (Fsp3) is 0.278. The van der Waals surface area contributed by atoms with E-state index >= 15 is 0 Å². The highest BCUT2D eigenvalue weighted by Crippen LogP contribution is 2.20. The highest BCUT2D eigenvalue weighted by Gasteiger charge is 2.22. The third-order valence-electron chi connectivity index (χ3n) is 3.78. The van der Waals surface area contributed by atoms with Crippen LogP contribution in [0.4, 0.5) is 0 Å². The first-order chi connectivity index (χ1) is 10.8. The Balaban J connectivity index is 2.02. The number of aryl methyl sites for hydroxylation is 1. The number of amides is 1. The summed E-state index contributed by atoms with van der Waals surface area (Å²) in [6.07, 6.45) is 1.06. The molecule has 0 fully saturated rings. The zero-order valence-corrected chi connectivity index (χ0v) is 14.4. The summed E-state index contributed by atoms with van der Waals surface area (Å²) in [7, 11) is -3.37. The van der Waals surface area contributed by atoms with Gasteiger partial charge in [0.25, 0.3) is 0 Å². The second kappa shape index (κ2) is 6.96. The predicted molar refractivity (Wildman–Crippen MR) is 92.8 cm³/mol. The van der Waals surface area contributed by atoms with Gasteiger partial charge in [-0.25, -0.2) is 8.42 Å². The molecular weight excluding hydrogens is 310 g/mol. The topological polar surface area (TPSA) is 63.2 Å². The maximum atomic E-state index is 11.8. The molecule has 0 saturated carbocycles. The van der Waals surface area contributed by atoms with Crippen LogP contribution in [0.2, 0.25) is 0 Å². The second-order valence-corrected chi connectivity index (χ2v) is 8.12. The van der Waals surface area contributed by atoms with Crippen LogP contribution in [0.15, 0.2) is 48.5 Å². The molecule has 0 heterocycles. The Morgan fingerprint density at radius 3 is 2.30 bits per heavy atom. The zero-order chi connectivity index (χ0) is 17.0. The van der Waals surface area contributed by atoms with E-state index in [0.717, 1.165) is 22.9 Å². The average Bonchev–Trinajstić information content (AvgIpc) is 2.51. The van der Waals surface area contributed by atoms with Gasteiger partial charge in [0.05, 0.1) is 0 Å². The molecule has 2 rings (SSSR count). The van der Waals surface area contributed by atoms with Crippen molar-refractivity contribution in [2.24, 2.45) is 0 Å². The second-order valence-electron chi connectivity index (χ2n) is 5.76. The highest BCUT2D eigenvalue weighted by atomic mass is 32.2. The molecule has 0 spiro atoms. The molecule has 0 saturated heterocycles. The minimum absolute atomic E-state index is 0.312. The first-order valence-electron chi connectivity index (χ1n) is 7.40. The third kappa shape index (κ3) is 4.66. The molecule has 2 aromatic carbocycles. The molecule has 0 aromatic heterocycles. The monoisotopic (exact) mass is 331 g/mol. The number of nitrogens with one attached hydrogen (secondary N) is 1. The van der Waals surface area contributed by atoms with Crippen molar-refractivity contribution in [2.45, 2.75) is 25.6 Å². The van der Waals surface area contributed by atoms with E-state index in [0.29, 0.717) is 6.54 Å². The minimum Gasteiger partial charge on any atom is -0.351 e. The Morgan fingerprint density at radius 2 is 1.74 bits per heavy atom. The van der Waals surface area contributed by atoms with Gasteiger partial charge >= 0.3 is 0 Å². The van der Waals surface area contributed by atoms with Gasteiger partial charge in [0.2, 0.25) is 5.91 Å².